The fourth-order valence-corrected chi connectivity index (χ4v) is 1.41. The minimum atomic E-state index is -0.157. The van der Waals surface area contributed by atoms with E-state index in [1.54, 1.807) is 7.11 Å². The Bertz CT molecular complexity index is 258. The maximum atomic E-state index is 11.1. The molecule has 0 spiro atoms. The van der Waals surface area contributed by atoms with Crippen LogP contribution in [-0.4, -0.2) is 51.9 Å². The number of aliphatic imine (C=N–C) groups is 1. The second-order valence-corrected chi connectivity index (χ2v) is 3.94. The largest absolute Gasteiger partial charge is 0.466 e. The van der Waals surface area contributed by atoms with Crippen LogP contribution in [0.2, 0.25) is 0 Å². The first kappa shape index (κ1) is 17.7. The van der Waals surface area contributed by atoms with Gasteiger partial charge in [-0.3, -0.25) is 9.79 Å². The SMILES string of the molecule is CCNC(=NCCCC(=O)OCC)NCCCOC. The molecule has 0 aliphatic carbocycles. The molecule has 0 aromatic rings. The van der Waals surface area contributed by atoms with Gasteiger partial charge < -0.3 is 20.1 Å². The number of rotatable bonds is 10. The van der Waals surface area contributed by atoms with Gasteiger partial charge in [-0.05, 0) is 26.7 Å². The summed E-state index contributed by atoms with van der Waals surface area (Å²) in [5.74, 6) is 0.623. The van der Waals surface area contributed by atoms with Gasteiger partial charge in [-0.1, -0.05) is 0 Å². The molecule has 0 amide bonds. The maximum Gasteiger partial charge on any atom is 0.305 e. The van der Waals surface area contributed by atoms with Crippen LogP contribution >= 0.6 is 0 Å². The van der Waals surface area contributed by atoms with Gasteiger partial charge in [-0.2, -0.15) is 0 Å². The third-order valence-corrected chi connectivity index (χ3v) is 2.28. The van der Waals surface area contributed by atoms with Crippen molar-refractivity contribution in [3.63, 3.8) is 0 Å². The molecule has 0 saturated carbocycles. The lowest BCUT2D eigenvalue weighted by Gasteiger charge is -2.10. The van der Waals surface area contributed by atoms with Crippen molar-refractivity contribution >= 4 is 11.9 Å². The first-order valence-corrected chi connectivity index (χ1v) is 6.91. The van der Waals surface area contributed by atoms with Gasteiger partial charge in [-0.25, -0.2) is 0 Å². The Morgan fingerprint density at radius 3 is 2.63 bits per heavy atom. The van der Waals surface area contributed by atoms with Gasteiger partial charge in [0, 0.05) is 39.8 Å². The van der Waals surface area contributed by atoms with E-state index in [0.29, 0.717) is 26.0 Å². The Balaban J connectivity index is 3.81. The van der Waals surface area contributed by atoms with Crippen LogP contribution in [0, 0.1) is 0 Å². The molecular formula is C13H27N3O3. The highest BCUT2D eigenvalue weighted by Crippen LogP contribution is 1.93. The third kappa shape index (κ3) is 11.5. The fraction of sp³-hybridized carbons (Fsp3) is 0.846. The molecule has 112 valence electrons. The third-order valence-electron chi connectivity index (χ3n) is 2.28. The maximum absolute atomic E-state index is 11.1. The van der Waals surface area contributed by atoms with Gasteiger partial charge in [0.2, 0.25) is 0 Å². The lowest BCUT2D eigenvalue weighted by Crippen LogP contribution is -2.38. The number of nitrogens with zero attached hydrogens (tertiary/aromatic N) is 1. The lowest BCUT2D eigenvalue weighted by molar-refractivity contribution is -0.143. The second kappa shape index (κ2) is 13.1. The van der Waals surface area contributed by atoms with Crippen molar-refractivity contribution in [1.29, 1.82) is 0 Å². The highest BCUT2D eigenvalue weighted by molar-refractivity contribution is 5.79. The predicted octanol–water partition coefficient (Wildman–Crippen LogP) is 0.921. The molecule has 6 heteroatoms. The average molecular weight is 273 g/mol. The van der Waals surface area contributed by atoms with E-state index in [2.05, 4.69) is 15.6 Å². The summed E-state index contributed by atoms with van der Waals surface area (Å²) < 4.78 is 9.84. The normalized spacial score (nSPS) is 11.2. The van der Waals surface area contributed by atoms with Crippen molar-refractivity contribution in [3.8, 4) is 0 Å². The standard InChI is InChI=1S/C13H27N3O3/c1-4-14-13(16-10-7-11-18-3)15-9-6-8-12(17)19-5-2/h4-11H2,1-3H3,(H2,14,15,16). The number of nitrogens with one attached hydrogen (secondary N) is 2. The number of methoxy groups -OCH3 is 1. The van der Waals surface area contributed by atoms with Crippen molar-refractivity contribution in [3.05, 3.63) is 0 Å². The van der Waals surface area contributed by atoms with Crippen molar-refractivity contribution in [1.82, 2.24) is 10.6 Å². The van der Waals surface area contributed by atoms with Crippen molar-refractivity contribution in [2.45, 2.75) is 33.1 Å². The van der Waals surface area contributed by atoms with Gasteiger partial charge in [0.1, 0.15) is 0 Å². The van der Waals surface area contributed by atoms with Crippen LogP contribution < -0.4 is 10.6 Å². The van der Waals surface area contributed by atoms with Crippen molar-refractivity contribution in [2.75, 3.05) is 40.0 Å². The smallest absolute Gasteiger partial charge is 0.305 e. The van der Waals surface area contributed by atoms with Crippen molar-refractivity contribution < 1.29 is 14.3 Å². The molecule has 0 rings (SSSR count). The Morgan fingerprint density at radius 2 is 2.00 bits per heavy atom. The van der Waals surface area contributed by atoms with Crippen LogP contribution in [0.5, 0.6) is 0 Å². The zero-order valence-electron chi connectivity index (χ0n) is 12.3. The highest BCUT2D eigenvalue weighted by atomic mass is 16.5. The molecule has 0 bridgehead atoms. The molecule has 0 aliphatic rings. The Hall–Kier alpha value is -1.30. The van der Waals surface area contributed by atoms with Crippen LogP contribution in [-0.2, 0) is 14.3 Å². The highest BCUT2D eigenvalue weighted by Gasteiger charge is 2.01. The predicted molar refractivity (Wildman–Crippen MR) is 76.3 cm³/mol. The molecule has 0 aliphatic heterocycles. The van der Waals surface area contributed by atoms with Crippen LogP contribution in [0.3, 0.4) is 0 Å². The topological polar surface area (TPSA) is 72.0 Å². The number of ether oxygens (including phenoxy) is 2. The first-order valence-electron chi connectivity index (χ1n) is 6.91. The fourth-order valence-electron chi connectivity index (χ4n) is 1.41. The second-order valence-electron chi connectivity index (χ2n) is 3.94. The summed E-state index contributed by atoms with van der Waals surface area (Å²) in [4.78, 5) is 15.5. The van der Waals surface area contributed by atoms with E-state index in [4.69, 9.17) is 9.47 Å². The number of carbonyl (C=O) groups excluding carboxylic acids is 1. The van der Waals surface area contributed by atoms with Crippen LogP contribution in [0.1, 0.15) is 33.1 Å². The summed E-state index contributed by atoms with van der Waals surface area (Å²) in [5, 5.41) is 6.37. The monoisotopic (exact) mass is 273 g/mol. The number of esters is 1. The number of hydrogen-bond donors (Lipinski definition) is 2. The van der Waals surface area contributed by atoms with E-state index < -0.39 is 0 Å². The number of guanidine groups is 1. The zero-order valence-corrected chi connectivity index (χ0v) is 12.3. The van der Waals surface area contributed by atoms with E-state index in [-0.39, 0.29) is 5.97 Å². The Kier molecular flexibility index (Phi) is 12.2. The molecule has 19 heavy (non-hydrogen) atoms. The number of hydrogen-bond acceptors (Lipinski definition) is 4. The molecule has 0 unspecified atom stereocenters. The quantitative estimate of drug-likeness (QED) is 0.268. The Morgan fingerprint density at radius 1 is 1.21 bits per heavy atom. The van der Waals surface area contributed by atoms with E-state index in [1.165, 1.54) is 0 Å². The molecule has 0 heterocycles. The molecule has 6 nitrogen and oxygen atoms in total. The van der Waals surface area contributed by atoms with Crippen molar-refractivity contribution in [2.24, 2.45) is 4.99 Å². The summed E-state index contributed by atoms with van der Waals surface area (Å²) in [6, 6.07) is 0. The van der Waals surface area contributed by atoms with Gasteiger partial charge in [0.25, 0.3) is 0 Å². The lowest BCUT2D eigenvalue weighted by atomic mass is 10.3. The first-order chi connectivity index (χ1) is 9.24. The van der Waals surface area contributed by atoms with Gasteiger partial charge in [0.05, 0.1) is 6.61 Å². The van der Waals surface area contributed by atoms with Crippen LogP contribution in [0.4, 0.5) is 0 Å². The summed E-state index contributed by atoms with van der Waals surface area (Å²) >= 11 is 0. The Labute approximate surface area is 116 Å². The summed E-state index contributed by atoms with van der Waals surface area (Å²) in [7, 11) is 1.69. The molecule has 0 atom stereocenters. The van der Waals surface area contributed by atoms with Gasteiger partial charge >= 0.3 is 5.97 Å². The molecule has 0 fully saturated rings. The minimum Gasteiger partial charge on any atom is -0.466 e. The minimum absolute atomic E-state index is 0.157. The van der Waals surface area contributed by atoms with Crippen LogP contribution in [0.25, 0.3) is 0 Å². The summed E-state index contributed by atoms with van der Waals surface area (Å²) in [5.41, 5.74) is 0. The number of carbonyl (C=O) groups is 1. The van der Waals surface area contributed by atoms with E-state index >= 15 is 0 Å². The van der Waals surface area contributed by atoms with Crippen LogP contribution in [0.15, 0.2) is 4.99 Å². The molecular weight excluding hydrogens is 246 g/mol. The molecule has 0 aromatic heterocycles. The molecule has 0 radical (unpaired) electrons. The molecule has 0 aromatic carbocycles. The average Bonchev–Trinajstić information content (AvgIpc) is 2.39. The van der Waals surface area contributed by atoms with E-state index in [1.807, 2.05) is 13.8 Å². The van der Waals surface area contributed by atoms with Gasteiger partial charge in [0.15, 0.2) is 5.96 Å². The zero-order chi connectivity index (χ0) is 14.3. The van der Waals surface area contributed by atoms with E-state index in [9.17, 15) is 4.79 Å². The molecule has 0 saturated heterocycles. The summed E-state index contributed by atoms with van der Waals surface area (Å²) in [6.45, 7) is 7.24. The molecule has 2 N–H and O–H groups in total. The summed E-state index contributed by atoms with van der Waals surface area (Å²) in [6.07, 6.45) is 2.05. The van der Waals surface area contributed by atoms with E-state index in [0.717, 1.165) is 32.1 Å². The van der Waals surface area contributed by atoms with Gasteiger partial charge in [-0.15, -0.1) is 0 Å².